The van der Waals surface area contributed by atoms with Crippen LogP contribution < -0.4 is 10.1 Å². The summed E-state index contributed by atoms with van der Waals surface area (Å²) < 4.78 is 8.10. The van der Waals surface area contributed by atoms with Crippen LogP contribution >= 0.6 is 0 Å². The predicted octanol–water partition coefficient (Wildman–Crippen LogP) is 2.83. The van der Waals surface area contributed by atoms with Gasteiger partial charge in [0.1, 0.15) is 11.6 Å². The highest BCUT2D eigenvalue weighted by Gasteiger charge is 2.27. The minimum Gasteiger partial charge on any atom is -0.489 e. The Labute approximate surface area is 159 Å². The Bertz CT molecular complexity index is 795. The van der Waals surface area contributed by atoms with Crippen LogP contribution in [-0.4, -0.2) is 37.8 Å². The number of fused-ring (bicyclic) bond motifs is 1. The van der Waals surface area contributed by atoms with Crippen molar-refractivity contribution in [2.24, 2.45) is 0 Å². The number of nitrogens with one attached hydrogen (secondary N) is 1. The lowest BCUT2D eigenvalue weighted by Gasteiger charge is -2.29. The molecule has 0 radical (unpaired) electrons. The van der Waals surface area contributed by atoms with Crippen molar-refractivity contribution in [3.05, 3.63) is 35.7 Å². The molecule has 0 atom stereocenters. The third-order valence-corrected chi connectivity index (χ3v) is 5.57. The Hall–Kier alpha value is -2.44. The zero-order valence-electron chi connectivity index (χ0n) is 15.9. The van der Waals surface area contributed by atoms with Crippen molar-refractivity contribution in [3.63, 3.8) is 0 Å². The Balaban J connectivity index is 1.31. The molecule has 7 nitrogen and oxygen atoms in total. The molecule has 0 bridgehead atoms. The van der Waals surface area contributed by atoms with E-state index in [2.05, 4.69) is 20.5 Å². The van der Waals surface area contributed by atoms with Gasteiger partial charge in [0.25, 0.3) is 5.91 Å². The average molecular weight is 369 g/mol. The molecule has 0 aromatic carbocycles. The molecule has 3 heterocycles. The van der Waals surface area contributed by atoms with Gasteiger partial charge in [-0.05, 0) is 57.6 Å². The summed E-state index contributed by atoms with van der Waals surface area (Å²) in [7, 11) is 0. The molecular weight excluding hydrogens is 342 g/mol. The van der Waals surface area contributed by atoms with Crippen molar-refractivity contribution < 1.29 is 9.53 Å². The number of nitrogens with zero attached hydrogens (tertiary/aromatic N) is 4. The van der Waals surface area contributed by atoms with Crippen LogP contribution in [0, 0.1) is 6.92 Å². The smallest absolute Gasteiger partial charge is 0.289 e. The first-order valence-corrected chi connectivity index (χ1v) is 10.0. The topological polar surface area (TPSA) is 81.9 Å². The van der Waals surface area contributed by atoms with E-state index in [-0.39, 0.29) is 18.1 Å². The second kappa shape index (κ2) is 8.06. The molecule has 4 rings (SSSR count). The fourth-order valence-electron chi connectivity index (χ4n) is 4.00. The fraction of sp³-hybridized carbons (Fsp3) is 0.600. The number of hydrogen-bond acceptors (Lipinski definition) is 5. The van der Waals surface area contributed by atoms with Crippen molar-refractivity contribution in [1.82, 2.24) is 25.1 Å². The predicted molar refractivity (Wildman–Crippen MR) is 101 cm³/mol. The molecule has 2 aromatic heterocycles. The first-order chi connectivity index (χ1) is 13.2. The largest absolute Gasteiger partial charge is 0.489 e. The molecule has 1 aliphatic heterocycles. The van der Waals surface area contributed by atoms with Crippen LogP contribution in [0.1, 0.15) is 67.1 Å². The lowest BCUT2D eigenvalue weighted by molar-refractivity contribution is 0.0878. The molecule has 1 fully saturated rings. The minimum absolute atomic E-state index is 0.0943. The summed E-state index contributed by atoms with van der Waals surface area (Å²) in [5, 5.41) is 11.5. The fourth-order valence-corrected chi connectivity index (χ4v) is 4.00. The van der Waals surface area contributed by atoms with E-state index in [1.807, 2.05) is 23.6 Å². The lowest BCUT2D eigenvalue weighted by Crippen LogP contribution is -2.40. The van der Waals surface area contributed by atoms with Gasteiger partial charge in [-0.25, -0.2) is 0 Å². The van der Waals surface area contributed by atoms with E-state index < -0.39 is 0 Å². The SMILES string of the molecule is Cc1ncccc1OC1CCC(NC(=O)c2nnc3n2CCCCC3)CC1. The molecule has 2 aromatic rings. The van der Waals surface area contributed by atoms with Gasteiger partial charge in [0.05, 0.1) is 11.8 Å². The number of hydrogen-bond donors (Lipinski definition) is 1. The van der Waals surface area contributed by atoms with E-state index in [4.69, 9.17) is 4.74 Å². The van der Waals surface area contributed by atoms with Gasteiger partial charge in [0, 0.05) is 25.2 Å². The lowest BCUT2D eigenvalue weighted by atomic mass is 9.93. The molecular formula is C20H27N5O2. The van der Waals surface area contributed by atoms with Crippen molar-refractivity contribution in [1.29, 1.82) is 0 Å². The summed E-state index contributed by atoms with van der Waals surface area (Å²) in [5.74, 6) is 2.18. The van der Waals surface area contributed by atoms with Crippen LogP contribution in [-0.2, 0) is 13.0 Å². The number of carbonyl (C=O) groups is 1. The minimum atomic E-state index is -0.0943. The standard InChI is InChI=1S/C20H27N5O2/c1-14-17(6-5-12-21-14)27-16-10-8-15(9-11-16)22-20(26)19-24-23-18-7-3-2-4-13-25(18)19/h5-6,12,15-16H,2-4,7-11,13H2,1H3,(H,22,26). The second-order valence-electron chi connectivity index (χ2n) is 7.55. The van der Waals surface area contributed by atoms with Gasteiger partial charge in [-0.3, -0.25) is 9.78 Å². The maximum absolute atomic E-state index is 12.7. The highest BCUT2D eigenvalue weighted by atomic mass is 16.5. The molecule has 1 amide bonds. The Morgan fingerprint density at radius 3 is 2.85 bits per heavy atom. The van der Waals surface area contributed by atoms with Gasteiger partial charge in [-0.15, -0.1) is 10.2 Å². The molecule has 7 heteroatoms. The summed E-state index contributed by atoms with van der Waals surface area (Å²) in [6.45, 7) is 2.80. The van der Waals surface area contributed by atoms with Crippen molar-refractivity contribution in [2.75, 3.05) is 0 Å². The summed E-state index contributed by atoms with van der Waals surface area (Å²) in [6.07, 6.45) is 9.95. The Morgan fingerprint density at radius 1 is 1.19 bits per heavy atom. The molecule has 144 valence electrons. The van der Waals surface area contributed by atoms with Gasteiger partial charge < -0.3 is 14.6 Å². The van der Waals surface area contributed by atoms with Crippen LogP contribution in [0.15, 0.2) is 18.3 Å². The van der Waals surface area contributed by atoms with Gasteiger partial charge in [-0.1, -0.05) is 6.42 Å². The molecule has 0 spiro atoms. The number of ether oxygens (including phenoxy) is 1. The number of pyridine rings is 1. The molecule has 2 aliphatic rings. The molecule has 1 N–H and O–H groups in total. The maximum atomic E-state index is 12.7. The molecule has 0 saturated heterocycles. The van der Waals surface area contributed by atoms with E-state index in [1.165, 1.54) is 6.42 Å². The van der Waals surface area contributed by atoms with E-state index in [9.17, 15) is 4.79 Å². The van der Waals surface area contributed by atoms with E-state index in [0.29, 0.717) is 5.82 Å². The number of aromatic nitrogens is 4. The third kappa shape index (κ3) is 4.12. The monoisotopic (exact) mass is 369 g/mol. The van der Waals surface area contributed by atoms with Gasteiger partial charge in [-0.2, -0.15) is 0 Å². The van der Waals surface area contributed by atoms with Crippen molar-refractivity contribution >= 4 is 5.91 Å². The van der Waals surface area contributed by atoms with Crippen LogP contribution in [0.5, 0.6) is 5.75 Å². The maximum Gasteiger partial charge on any atom is 0.289 e. The Morgan fingerprint density at radius 2 is 2.04 bits per heavy atom. The number of rotatable bonds is 4. The summed E-state index contributed by atoms with van der Waals surface area (Å²) in [4.78, 5) is 17.0. The van der Waals surface area contributed by atoms with E-state index >= 15 is 0 Å². The molecule has 1 saturated carbocycles. The van der Waals surface area contributed by atoms with E-state index in [1.54, 1.807) is 6.20 Å². The van der Waals surface area contributed by atoms with Crippen molar-refractivity contribution in [3.8, 4) is 5.75 Å². The first-order valence-electron chi connectivity index (χ1n) is 10.0. The van der Waals surface area contributed by atoms with Gasteiger partial charge >= 0.3 is 0 Å². The summed E-state index contributed by atoms with van der Waals surface area (Å²) >= 11 is 0. The quantitative estimate of drug-likeness (QED) is 0.896. The summed E-state index contributed by atoms with van der Waals surface area (Å²) in [5.41, 5.74) is 0.917. The van der Waals surface area contributed by atoms with Gasteiger partial charge in [0.2, 0.25) is 5.82 Å². The van der Waals surface area contributed by atoms with Crippen LogP contribution in [0.4, 0.5) is 0 Å². The highest BCUT2D eigenvalue weighted by molar-refractivity contribution is 5.90. The molecule has 0 unspecified atom stereocenters. The second-order valence-corrected chi connectivity index (χ2v) is 7.55. The van der Waals surface area contributed by atoms with Crippen LogP contribution in [0.3, 0.4) is 0 Å². The number of amides is 1. The number of aryl methyl sites for hydroxylation is 2. The van der Waals surface area contributed by atoms with Crippen LogP contribution in [0.25, 0.3) is 0 Å². The van der Waals surface area contributed by atoms with E-state index in [0.717, 1.165) is 68.8 Å². The van der Waals surface area contributed by atoms with Gasteiger partial charge in [0.15, 0.2) is 0 Å². The molecule has 27 heavy (non-hydrogen) atoms. The summed E-state index contributed by atoms with van der Waals surface area (Å²) in [6, 6.07) is 4.04. The van der Waals surface area contributed by atoms with Crippen molar-refractivity contribution in [2.45, 2.75) is 77.0 Å². The third-order valence-electron chi connectivity index (χ3n) is 5.57. The first kappa shape index (κ1) is 17.9. The zero-order chi connectivity index (χ0) is 18.6. The molecule has 1 aliphatic carbocycles. The zero-order valence-corrected chi connectivity index (χ0v) is 15.9. The number of carbonyl (C=O) groups excluding carboxylic acids is 1. The highest BCUT2D eigenvalue weighted by Crippen LogP contribution is 2.25. The average Bonchev–Trinajstić information content (AvgIpc) is 2.94. The van der Waals surface area contributed by atoms with Crippen LogP contribution in [0.2, 0.25) is 0 Å². The normalized spacial score (nSPS) is 22.6. The Kier molecular flexibility index (Phi) is 5.36.